The zero-order valence-corrected chi connectivity index (χ0v) is 12.1. The summed E-state index contributed by atoms with van der Waals surface area (Å²) < 4.78 is 0. The zero-order valence-electron chi connectivity index (χ0n) is 12.1. The minimum absolute atomic E-state index is 0.259. The molecule has 0 radical (unpaired) electrons. The average molecular weight is 240 g/mol. The van der Waals surface area contributed by atoms with E-state index in [1.807, 2.05) is 6.08 Å². The Labute approximate surface area is 111 Å². The summed E-state index contributed by atoms with van der Waals surface area (Å²) in [6.45, 7) is 17.6. The number of rotatable bonds is 2. The molecule has 0 amide bonds. The van der Waals surface area contributed by atoms with E-state index in [-0.39, 0.29) is 5.41 Å². The van der Waals surface area contributed by atoms with Gasteiger partial charge in [0.1, 0.15) is 0 Å². The Balaban J connectivity index is 2.63. The summed E-state index contributed by atoms with van der Waals surface area (Å²) in [6, 6.07) is 6.57. The molecule has 0 bridgehead atoms. The molecule has 2 unspecified atom stereocenters. The van der Waals surface area contributed by atoms with Gasteiger partial charge in [-0.1, -0.05) is 65.1 Å². The Bertz CT molecular complexity index is 485. The van der Waals surface area contributed by atoms with Crippen LogP contribution in [0.4, 0.5) is 0 Å². The third-order valence-corrected chi connectivity index (χ3v) is 4.22. The first kappa shape index (κ1) is 13.1. The maximum atomic E-state index is 4.40. The first-order valence-corrected chi connectivity index (χ1v) is 6.86. The molecule has 0 aliphatic heterocycles. The van der Waals surface area contributed by atoms with Gasteiger partial charge in [0.15, 0.2) is 0 Å². The van der Waals surface area contributed by atoms with E-state index in [2.05, 4.69) is 59.1 Å². The molecule has 0 nitrogen and oxygen atoms in total. The van der Waals surface area contributed by atoms with Crippen molar-refractivity contribution in [3.05, 3.63) is 48.0 Å². The topological polar surface area (TPSA) is 0 Å². The number of hydrogen-bond donors (Lipinski definition) is 0. The van der Waals surface area contributed by atoms with Crippen molar-refractivity contribution in [2.45, 2.75) is 40.0 Å². The van der Waals surface area contributed by atoms with Crippen LogP contribution in [0.25, 0.3) is 11.6 Å². The molecule has 96 valence electrons. The molecule has 0 N–H and O–H groups in total. The lowest BCUT2D eigenvalue weighted by Gasteiger charge is -2.33. The smallest absolute Gasteiger partial charge is 0.00439 e. The fraction of sp³-hybridized carbons (Fsp3) is 0.444. The highest BCUT2D eigenvalue weighted by atomic mass is 14.4. The van der Waals surface area contributed by atoms with Gasteiger partial charge in [-0.3, -0.25) is 0 Å². The van der Waals surface area contributed by atoms with Gasteiger partial charge in [-0.25, -0.2) is 0 Å². The molecule has 0 heterocycles. The highest BCUT2D eigenvalue weighted by Crippen LogP contribution is 2.54. The molecule has 0 saturated heterocycles. The largest absolute Gasteiger partial charge is 0.0984 e. The third kappa shape index (κ3) is 1.84. The van der Waals surface area contributed by atoms with E-state index in [9.17, 15) is 0 Å². The average Bonchev–Trinajstić information content (AvgIpc) is 2.61. The van der Waals surface area contributed by atoms with E-state index in [4.69, 9.17) is 0 Å². The van der Waals surface area contributed by atoms with Crippen LogP contribution in [0.1, 0.15) is 56.7 Å². The van der Waals surface area contributed by atoms with Gasteiger partial charge in [0.25, 0.3) is 0 Å². The number of fused-ring (bicyclic) bond motifs is 1. The van der Waals surface area contributed by atoms with Crippen LogP contribution in [0.3, 0.4) is 0 Å². The number of allylic oxidation sites excluding steroid dienone is 1. The number of hydrogen-bond acceptors (Lipinski definition) is 0. The van der Waals surface area contributed by atoms with E-state index < -0.39 is 0 Å². The second-order valence-corrected chi connectivity index (χ2v) is 6.40. The molecule has 2 rings (SSSR count). The van der Waals surface area contributed by atoms with Crippen LogP contribution in [0.2, 0.25) is 0 Å². The first-order chi connectivity index (χ1) is 8.41. The summed E-state index contributed by atoms with van der Waals surface area (Å²) in [5.41, 5.74) is 5.64. The van der Waals surface area contributed by atoms with Crippen LogP contribution in [0.5, 0.6) is 0 Å². The standard InChI is InChI=1S/C18H24/c1-7-13-10-9-11-15-14(8-2)17(18(4,5)6)12(3)16(13)15/h7,9-11,14,17H,1,3,8H2,2,4-6H3. The zero-order chi connectivity index (χ0) is 13.5. The van der Waals surface area contributed by atoms with Gasteiger partial charge in [0.05, 0.1) is 0 Å². The molecule has 0 saturated carbocycles. The molecule has 1 aromatic rings. The monoisotopic (exact) mass is 240 g/mol. The minimum atomic E-state index is 0.259. The predicted octanol–water partition coefficient (Wildman–Crippen LogP) is 5.51. The minimum Gasteiger partial charge on any atom is -0.0984 e. The van der Waals surface area contributed by atoms with Gasteiger partial charge in [-0.15, -0.1) is 0 Å². The van der Waals surface area contributed by atoms with Crippen molar-refractivity contribution in [2.75, 3.05) is 0 Å². The summed E-state index contributed by atoms with van der Waals surface area (Å²) in [6.07, 6.45) is 3.14. The molecule has 0 spiro atoms. The summed E-state index contributed by atoms with van der Waals surface area (Å²) in [7, 11) is 0. The maximum Gasteiger partial charge on any atom is -0.00439 e. The maximum absolute atomic E-state index is 4.40. The second kappa shape index (κ2) is 4.42. The van der Waals surface area contributed by atoms with Crippen molar-refractivity contribution in [3.8, 4) is 0 Å². The van der Waals surface area contributed by atoms with Crippen molar-refractivity contribution in [3.63, 3.8) is 0 Å². The quantitative estimate of drug-likeness (QED) is 0.639. The second-order valence-electron chi connectivity index (χ2n) is 6.40. The molecule has 1 aromatic carbocycles. The van der Waals surface area contributed by atoms with Crippen molar-refractivity contribution in [2.24, 2.45) is 11.3 Å². The van der Waals surface area contributed by atoms with Crippen LogP contribution in [0.15, 0.2) is 31.4 Å². The first-order valence-electron chi connectivity index (χ1n) is 6.86. The van der Waals surface area contributed by atoms with E-state index in [1.165, 1.54) is 28.7 Å². The van der Waals surface area contributed by atoms with Gasteiger partial charge < -0.3 is 0 Å². The summed E-state index contributed by atoms with van der Waals surface area (Å²) in [5.74, 6) is 1.14. The fourth-order valence-corrected chi connectivity index (χ4v) is 3.60. The van der Waals surface area contributed by atoms with Gasteiger partial charge in [-0.05, 0) is 45.9 Å². The molecule has 0 heteroatoms. The van der Waals surface area contributed by atoms with E-state index in [0.29, 0.717) is 11.8 Å². The van der Waals surface area contributed by atoms with Crippen molar-refractivity contribution >= 4 is 11.6 Å². The SMILES string of the molecule is C=Cc1cccc2c1C(=C)C(C(C)(C)C)C2CC. The highest BCUT2D eigenvalue weighted by molar-refractivity contribution is 5.81. The van der Waals surface area contributed by atoms with Gasteiger partial charge in [0, 0.05) is 0 Å². The Morgan fingerprint density at radius 2 is 1.94 bits per heavy atom. The van der Waals surface area contributed by atoms with Crippen LogP contribution < -0.4 is 0 Å². The lowest BCUT2D eigenvalue weighted by Crippen LogP contribution is -2.23. The normalized spacial score (nSPS) is 23.0. The molecule has 18 heavy (non-hydrogen) atoms. The van der Waals surface area contributed by atoms with E-state index >= 15 is 0 Å². The Hall–Kier alpha value is -1.30. The lowest BCUT2D eigenvalue weighted by molar-refractivity contribution is 0.266. The van der Waals surface area contributed by atoms with Crippen LogP contribution in [-0.2, 0) is 0 Å². The molecule has 1 aliphatic rings. The predicted molar refractivity (Wildman–Crippen MR) is 81.5 cm³/mol. The van der Waals surface area contributed by atoms with Crippen LogP contribution in [0, 0.1) is 11.3 Å². The van der Waals surface area contributed by atoms with Crippen molar-refractivity contribution < 1.29 is 0 Å². The molecule has 0 fully saturated rings. The Morgan fingerprint density at radius 1 is 1.28 bits per heavy atom. The lowest BCUT2D eigenvalue weighted by atomic mass is 9.71. The van der Waals surface area contributed by atoms with Crippen molar-refractivity contribution in [1.29, 1.82) is 0 Å². The fourth-order valence-electron chi connectivity index (χ4n) is 3.60. The van der Waals surface area contributed by atoms with Gasteiger partial charge >= 0.3 is 0 Å². The molecular formula is C18H24. The molecule has 2 atom stereocenters. The van der Waals surface area contributed by atoms with Gasteiger partial charge in [-0.2, -0.15) is 0 Å². The molecule has 0 aromatic heterocycles. The summed E-state index contributed by atoms with van der Waals surface area (Å²) >= 11 is 0. The Morgan fingerprint density at radius 3 is 2.44 bits per heavy atom. The summed E-state index contributed by atoms with van der Waals surface area (Å²) in [4.78, 5) is 0. The number of benzene rings is 1. The molecule has 1 aliphatic carbocycles. The molecular weight excluding hydrogens is 216 g/mol. The summed E-state index contributed by atoms with van der Waals surface area (Å²) in [5, 5.41) is 0. The van der Waals surface area contributed by atoms with E-state index in [1.54, 1.807) is 0 Å². The van der Waals surface area contributed by atoms with Crippen molar-refractivity contribution in [1.82, 2.24) is 0 Å². The Kier molecular flexibility index (Phi) is 3.23. The van der Waals surface area contributed by atoms with Crippen LogP contribution >= 0.6 is 0 Å². The highest BCUT2D eigenvalue weighted by Gasteiger charge is 2.41. The van der Waals surface area contributed by atoms with Gasteiger partial charge in [0.2, 0.25) is 0 Å². The van der Waals surface area contributed by atoms with E-state index in [0.717, 1.165) is 0 Å². The third-order valence-electron chi connectivity index (χ3n) is 4.22. The van der Waals surface area contributed by atoms with Crippen LogP contribution in [-0.4, -0.2) is 0 Å².